The van der Waals surface area contributed by atoms with E-state index in [1.807, 2.05) is 62.4 Å². The van der Waals surface area contributed by atoms with E-state index in [1.54, 1.807) is 24.6 Å². The zero-order valence-electron chi connectivity index (χ0n) is 23.5. The maximum absolute atomic E-state index is 13.7. The van der Waals surface area contributed by atoms with Gasteiger partial charge in [-0.05, 0) is 49.2 Å². The number of hydrogen-bond donors (Lipinski definition) is 4. The van der Waals surface area contributed by atoms with Crippen molar-refractivity contribution in [3.63, 3.8) is 0 Å². The maximum Gasteiger partial charge on any atom is 0.200 e. The quantitative estimate of drug-likeness (QED) is 0.101. The van der Waals surface area contributed by atoms with Gasteiger partial charge < -0.3 is 20.8 Å². The molecule has 0 radical (unpaired) electrons. The smallest absolute Gasteiger partial charge is 0.200 e. The molecule has 0 fully saturated rings. The van der Waals surface area contributed by atoms with Crippen molar-refractivity contribution >= 4 is 35.4 Å². The largest absolute Gasteiger partial charge is 0.507 e. The van der Waals surface area contributed by atoms with E-state index in [4.69, 9.17) is 0 Å². The number of nitrogens with one attached hydrogen (secondary N) is 2. The first-order valence-electron chi connectivity index (χ1n) is 13.8. The molecule has 0 saturated carbocycles. The summed E-state index contributed by atoms with van der Waals surface area (Å²) < 4.78 is 0. The van der Waals surface area contributed by atoms with Gasteiger partial charge in [0.2, 0.25) is 11.6 Å². The highest BCUT2D eigenvalue weighted by atomic mass is 16.3. The highest BCUT2D eigenvalue weighted by Crippen LogP contribution is 2.42. The number of phenols is 2. The van der Waals surface area contributed by atoms with Crippen molar-refractivity contribution in [1.29, 1.82) is 0 Å². The predicted octanol–water partition coefficient (Wildman–Crippen LogP) is 5.55. The number of aromatic hydroxyl groups is 2. The Morgan fingerprint density at radius 3 is 1.45 bits per heavy atom. The zero-order chi connectivity index (χ0) is 29.6. The Labute approximate surface area is 244 Å². The van der Waals surface area contributed by atoms with Crippen LogP contribution in [-0.4, -0.2) is 60.4 Å². The van der Waals surface area contributed by atoms with Gasteiger partial charge in [-0.3, -0.25) is 19.6 Å². The number of aryl methyl sites for hydroxylation is 2. The van der Waals surface area contributed by atoms with E-state index in [2.05, 4.69) is 20.6 Å². The highest BCUT2D eigenvalue weighted by molar-refractivity contribution is 6.33. The van der Waals surface area contributed by atoms with Crippen LogP contribution < -0.4 is 10.6 Å². The fourth-order valence-corrected chi connectivity index (χ4v) is 5.01. The molecule has 0 amide bonds. The molecule has 0 atom stereocenters. The highest BCUT2D eigenvalue weighted by Gasteiger charge is 2.37. The third-order valence-electron chi connectivity index (χ3n) is 6.95. The van der Waals surface area contributed by atoms with Crippen LogP contribution in [-0.2, 0) is 0 Å². The van der Waals surface area contributed by atoms with Gasteiger partial charge >= 0.3 is 0 Å². The number of anilines is 2. The Morgan fingerprint density at radius 2 is 1.05 bits per heavy atom. The number of carbonyl (C=O) groups is 2. The molecule has 8 heteroatoms. The monoisotopic (exact) mass is 560 g/mol. The Bertz CT molecular complexity index is 1600. The third kappa shape index (κ3) is 6.07. The van der Waals surface area contributed by atoms with Crippen molar-refractivity contribution in [1.82, 2.24) is 0 Å². The van der Waals surface area contributed by atoms with E-state index >= 15 is 0 Å². The van der Waals surface area contributed by atoms with Crippen LogP contribution in [0.2, 0.25) is 0 Å². The first kappa shape index (κ1) is 28.3. The summed E-state index contributed by atoms with van der Waals surface area (Å²) in [7, 11) is 0. The molecule has 0 bridgehead atoms. The van der Waals surface area contributed by atoms with Gasteiger partial charge in [0.25, 0.3) is 0 Å². The molecule has 4 aromatic rings. The van der Waals surface area contributed by atoms with Crippen LogP contribution >= 0.6 is 0 Å². The number of ketones is 2. The Kier molecular flexibility index (Phi) is 8.43. The van der Waals surface area contributed by atoms with Crippen molar-refractivity contribution in [3.05, 3.63) is 117 Å². The van der Waals surface area contributed by atoms with Crippen LogP contribution in [0.4, 0.5) is 11.4 Å². The first-order valence-corrected chi connectivity index (χ1v) is 13.8. The molecule has 1 aliphatic carbocycles. The lowest BCUT2D eigenvalue weighted by molar-refractivity contribution is 0.0975. The normalized spacial score (nSPS) is 12.5. The van der Waals surface area contributed by atoms with Gasteiger partial charge in [-0.15, -0.1) is 0 Å². The summed E-state index contributed by atoms with van der Waals surface area (Å²) in [6, 6.07) is 21.9. The van der Waals surface area contributed by atoms with Crippen molar-refractivity contribution in [2.24, 2.45) is 9.98 Å². The Morgan fingerprint density at radius 1 is 0.619 bits per heavy atom. The average Bonchev–Trinajstić information content (AvgIpc) is 2.97. The van der Waals surface area contributed by atoms with Crippen LogP contribution in [0, 0.1) is 13.8 Å². The van der Waals surface area contributed by atoms with E-state index in [0.29, 0.717) is 37.6 Å². The second-order valence-corrected chi connectivity index (χ2v) is 10.2. The van der Waals surface area contributed by atoms with Gasteiger partial charge in [-0.2, -0.15) is 0 Å². The number of hydrogen-bond acceptors (Lipinski definition) is 8. The summed E-state index contributed by atoms with van der Waals surface area (Å²) in [4.78, 5) is 36.4. The molecule has 4 aromatic carbocycles. The molecule has 0 aliphatic heterocycles. The fraction of sp³-hybridized carbons (Fsp3) is 0.176. The lowest BCUT2D eigenvalue weighted by Gasteiger charge is -2.24. The summed E-state index contributed by atoms with van der Waals surface area (Å²) in [5, 5.41) is 27.4. The fourth-order valence-electron chi connectivity index (χ4n) is 5.01. The molecule has 42 heavy (non-hydrogen) atoms. The number of nitrogens with zero attached hydrogens (tertiary/aromatic N) is 2. The Balaban J connectivity index is 1.37. The first-order chi connectivity index (χ1) is 20.3. The topological polar surface area (TPSA) is 123 Å². The van der Waals surface area contributed by atoms with Crippen molar-refractivity contribution in [3.8, 4) is 11.5 Å². The number of aliphatic imine (C=N–C) groups is 2. The standard InChI is InChI=1S/C34H32N4O4/c1-21-5-3-7-23(17-21)19-35-13-15-37-25-9-10-26(38-16-14-36-20-24-8-4-6-22(2)18-24)30-29(25)33(41)31-27(39)11-12-28(40)32(31)34(30)42/h3-12,17-20,37-40H,13-16H2,1-2H3. The minimum atomic E-state index is -0.542. The van der Waals surface area contributed by atoms with Crippen molar-refractivity contribution in [2.75, 3.05) is 36.8 Å². The molecule has 0 unspecified atom stereocenters. The minimum Gasteiger partial charge on any atom is -0.507 e. The summed E-state index contributed by atoms with van der Waals surface area (Å²) in [6.45, 7) is 5.74. The van der Waals surface area contributed by atoms with Gasteiger partial charge in [-0.1, -0.05) is 59.7 Å². The molecule has 212 valence electrons. The molecule has 0 aromatic heterocycles. The lowest BCUT2D eigenvalue weighted by atomic mass is 9.81. The summed E-state index contributed by atoms with van der Waals surface area (Å²) >= 11 is 0. The van der Waals surface area contributed by atoms with E-state index in [9.17, 15) is 19.8 Å². The van der Waals surface area contributed by atoms with Crippen molar-refractivity contribution < 1.29 is 19.8 Å². The van der Waals surface area contributed by atoms with E-state index in [0.717, 1.165) is 22.3 Å². The van der Waals surface area contributed by atoms with Gasteiger partial charge in [-0.25, -0.2) is 0 Å². The summed E-state index contributed by atoms with van der Waals surface area (Å²) in [6.07, 6.45) is 3.59. The van der Waals surface area contributed by atoms with Crippen LogP contribution in [0.25, 0.3) is 0 Å². The molecule has 0 spiro atoms. The number of fused-ring (bicyclic) bond motifs is 2. The number of phenolic OH excluding ortho intramolecular Hbond substituents is 2. The molecule has 5 rings (SSSR count). The second kappa shape index (κ2) is 12.5. The number of carbonyl (C=O) groups excluding carboxylic acids is 2. The molecule has 0 saturated heterocycles. The molecular weight excluding hydrogens is 528 g/mol. The van der Waals surface area contributed by atoms with Gasteiger partial charge in [0.15, 0.2) is 0 Å². The predicted molar refractivity (Wildman–Crippen MR) is 167 cm³/mol. The third-order valence-corrected chi connectivity index (χ3v) is 6.95. The van der Waals surface area contributed by atoms with E-state index in [-0.39, 0.29) is 33.8 Å². The van der Waals surface area contributed by atoms with Crippen LogP contribution in [0.5, 0.6) is 11.5 Å². The molecule has 0 heterocycles. The van der Waals surface area contributed by atoms with E-state index in [1.165, 1.54) is 12.1 Å². The molecule has 8 nitrogen and oxygen atoms in total. The minimum absolute atomic E-state index is 0.143. The average molecular weight is 561 g/mol. The van der Waals surface area contributed by atoms with Crippen LogP contribution in [0.1, 0.15) is 54.1 Å². The van der Waals surface area contributed by atoms with Crippen LogP contribution in [0.15, 0.2) is 82.8 Å². The number of rotatable bonds is 10. The molecule has 1 aliphatic rings. The maximum atomic E-state index is 13.7. The summed E-state index contributed by atoms with van der Waals surface area (Å²) in [5.41, 5.74) is 5.07. The van der Waals surface area contributed by atoms with Gasteiger partial charge in [0.05, 0.1) is 35.3 Å². The summed E-state index contributed by atoms with van der Waals surface area (Å²) in [5.74, 6) is -1.80. The van der Waals surface area contributed by atoms with Crippen molar-refractivity contribution in [2.45, 2.75) is 13.8 Å². The number of benzene rings is 4. The van der Waals surface area contributed by atoms with E-state index < -0.39 is 11.6 Å². The molecule has 4 N–H and O–H groups in total. The zero-order valence-corrected chi connectivity index (χ0v) is 23.5. The molecular formula is C34H32N4O4. The lowest BCUT2D eigenvalue weighted by Crippen LogP contribution is -2.25. The second-order valence-electron chi connectivity index (χ2n) is 10.2. The Hall–Kier alpha value is -5.24. The van der Waals surface area contributed by atoms with Gasteiger partial charge in [0, 0.05) is 36.9 Å². The van der Waals surface area contributed by atoms with Crippen LogP contribution in [0.3, 0.4) is 0 Å². The van der Waals surface area contributed by atoms with Gasteiger partial charge in [0.1, 0.15) is 11.5 Å². The SMILES string of the molecule is Cc1cccc(C=NCCNc2ccc(NCCN=Cc3cccc(C)c3)c3c2C(=O)c2c(O)ccc(O)c2C3=O)c1.